The quantitative estimate of drug-likeness (QED) is 0.673. The van der Waals surface area contributed by atoms with Gasteiger partial charge >= 0.3 is 0 Å². The van der Waals surface area contributed by atoms with Crippen LogP contribution in [-0.4, -0.2) is 36.2 Å². The zero-order valence-corrected chi connectivity index (χ0v) is 10.8. The lowest BCUT2D eigenvalue weighted by atomic mass is 10.0. The number of hydrogen-bond donors (Lipinski definition) is 3. The minimum absolute atomic E-state index is 0. The van der Waals surface area contributed by atoms with Crippen molar-refractivity contribution in [2.24, 2.45) is 5.92 Å². The zero-order valence-electron chi connectivity index (χ0n) is 10.0. The molecule has 0 aromatic rings. The Morgan fingerprint density at radius 1 is 1.50 bits per heavy atom. The molecule has 0 spiro atoms. The summed E-state index contributed by atoms with van der Waals surface area (Å²) in [4.78, 5) is 11.6. The average Bonchev–Trinajstić information content (AvgIpc) is 2.66. The molecule has 2 atom stereocenters. The highest BCUT2D eigenvalue weighted by Gasteiger charge is 2.27. The fourth-order valence-electron chi connectivity index (χ4n) is 1.86. The van der Waals surface area contributed by atoms with Crippen molar-refractivity contribution in [2.45, 2.75) is 45.3 Å². The van der Waals surface area contributed by atoms with Crippen molar-refractivity contribution >= 4 is 18.3 Å². The van der Waals surface area contributed by atoms with Crippen LogP contribution in [0.4, 0.5) is 0 Å². The van der Waals surface area contributed by atoms with Crippen LogP contribution in [0.15, 0.2) is 0 Å². The number of amides is 1. The van der Waals surface area contributed by atoms with Crippen molar-refractivity contribution in [2.75, 3.05) is 13.1 Å². The molecule has 1 amide bonds. The van der Waals surface area contributed by atoms with E-state index >= 15 is 0 Å². The van der Waals surface area contributed by atoms with E-state index in [1.807, 2.05) is 0 Å². The SMILES string of the molecule is CCC(CC)CNC(=O)C1CC(O)CN1.Cl. The predicted molar refractivity (Wildman–Crippen MR) is 66.7 cm³/mol. The van der Waals surface area contributed by atoms with Gasteiger partial charge in [0.1, 0.15) is 0 Å². The highest BCUT2D eigenvalue weighted by Crippen LogP contribution is 2.08. The third kappa shape index (κ3) is 4.68. The Morgan fingerprint density at radius 3 is 2.56 bits per heavy atom. The fourth-order valence-corrected chi connectivity index (χ4v) is 1.86. The topological polar surface area (TPSA) is 61.4 Å². The van der Waals surface area contributed by atoms with Gasteiger partial charge in [0.05, 0.1) is 12.1 Å². The third-order valence-electron chi connectivity index (χ3n) is 3.14. The van der Waals surface area contributed by atoms with Gasteiger partial charge in [-0.3, -0.25) is 4.79 Å². The summed E-state index contributed by atoms with van der Waals surface area (Å²) in [5, 5.41) is 15.2. The summed E-state index contributed by atoms with van der Waals surface area (Å²) >= 11 is 0. The first-order chi connectivity index (χ1) is 7.17. The number of hydrogen-bond acceptors (Lipinski definition) is 3. The van der Waals surface area contributed by atoms with Crippen LogP contribution in [0, 0.1) is 5.92 Å². The number of aliphatic hydroxyl groups excluding tert-OH is 1. The normalized spacial score (nSPS) is 24.2. The second-order valence-corrected chi connectivity index (χ2v) is 4.28. The molecular formula is C11H23ClN2O2. The van der Waals surface area contributed by atoms with Crippen LogP contribution in [0.25, 0.3) is 0 Å². The van der Waals surface area contributed by atoms with Gasteiger partial charge in [-0.2, -0.15) is 0 Å². The first-order valence-corrected chi connectivity index (χ1v) is 5.86. The van der Waals surface area contributed by atoms with Gasteiger partial charge in [0.2, 0.25) is 5.91 Å². The van der Waals surface area contributed by atoms with E-state index in [-0.39, 0.29) is 30.5 Å². The van der Waals surface area contributed by atoms with Gasteiger partial charge in [-0.15, -0.1) is 12.4 Å². The second kappa shape index (κ2) is 7.87. The summed E-state index contributed by atoms with van der Waals surface area (Å²) < 4.78 is 0. The van der Waals surface area contributed by atoms with Crippen molar-refractivity contribution in [3.8, 4) is 0 Å². The molecule has 1 heterocycles. The molecule has 1 saturated heterocycles. The van der Waals surface area contributed by atoms with Gasteiger partial charge in [0.25, 0.3) is 0 Å². The number of β-amino-alcohol motifs (C(OH)–C–C–N with tert-alkyl or cyclic N) is 1. The maximum Gasteiger partial charge on any atom is 0.237 e. The van der Waals surface area contributed by atoms with E-state index < -0.39 is 0 Å². The Morgan fingerprint density at radius 2 is 2.12 bits per heavy atom. The first kappa shape index (κ1) is 15.7. The van der Waals surface area contributed by atoms with Crippen LogP contribution in [-0.2, 0) is 4.79 Å². The summed E-state index contributed by atoms with van der Waals surface area (Å²) in [5.74, 6) is 0.596. The molecule has 3 N–H and O–H groups in total. The lowest BCUT2D eigenvalue weighted by Gasteiger charge is -2.15. The highest BCUT2D eigenvalue weighted by molar-refractivity contribution is 5.85. The van der Waals surface area contributed by atoms with E-state index in [2.05, 4.69) is 24.5 Å². The number of carbonyl (C=O) groups excluding carboxylic acids is 1. The first-order valence-electron chi connectivity index (χ1n) is 5.86. The van der Waals surface area contributed by atoms with E-state index in [9.17, 15) is 9.90 Å². The van der Waals surface area contributed by atoms with Gasteiger partial charge in [0.15, 0.2) is 0 Å². The number of halogens is 1. The maximum absolute atomic E-state index is 11.6. The number of aliphatic hydroxyl groups is 1. The molecule has 0 radical (unpaired) electrons. The molecule has 1 rings (SSSR count). The Labute approximate surface area is 104 Å². The van der Waals surface area contributed by atoms with E-state index in [1.54, 1.807) is 0 Å². The molecule has 2 unspecified atom stereocenters. The van der Waals surface area contributed by atoms with Crippen LogP contribution in [0.3, 0.4) is 0 Å². The Hall–Kier alpha value is -0.320. The van der Waals surface area contributed by atoms with Crippen LogP contribution in [0.5, 0.6) is 0 Å². The molecule has 1 aliphatic rings. The van der Waals surface area contributed by atoms with Crippen molar-refractivity contribution in [3.63, 3.8) is 0 Å². The Balaban J connectivity index is 0.00000225. The minimum Gasteiger partial charge on any atom is -0.392 e. The average molecular weight is 251 g/mol. The molecule has 4 nitrogen and oxygen atoms in total. The second-order valence-electron chi connectivity index (χ2n) is 4.28. The summed E-state index contributed by atoms with van der Waals surface area (Å²) in [6, 6.07) is -0.200. The molecule has 5 heteroatoms. The smallest absolute Gasteiger partial charge is 0.237 e. The van der Waals surface area contributed by atoms with E-state index in [4.69, 9.17) is 0 Å². The highest BCUT2D eigenvalue weighted by atomic mass is 35.5. The molecule has 16 heavy (non-hydrogen) atoms. The minimum atomic E-state index is -0.367. The summed E-state index contributed by atoms with van der Waals surface area (Å²) in [5.41, 5.74) is 0. The Kier molecular flexibility index (Phi) is 7.72. The molecule has 96 valence electrons. The van der Waals surface area contributed by atoms with Crippen molar-refractivity contribution < 1.29 is 9.90 Å². The van der Waals surface area contributed by atoms with Crippen molar-refractivity contribution in [3.05, 3.63) is 0 Å². The van der Waals surface area contributed by atoms with Gasteiger partial charge < -0.3 is 15.7 Å². The van der Waals surface area contributed by atoms with Crippen LogP contribution >= 0.6 is 12.4 Å². The number of nitrogens with one attached hydrogen (secondary N) is 2. The molecule has 0 saturated carbocycles. The predicted octanol–water partition coefficient (Wildman–Crippen LogP) is 0.683. The fraction of sp³-hybridized carbons (Fsp3) is 0.909. The van der Waals surface area contributed by atoms with Crippen molar-refractivity contribution in [1.82, 2.24) is 10.6 Å². The molecule has 1 aliphatic heterocycles. The lowest BCUT2D eigenvalue weighted by Crippen LogP contribution is -2.42. The van der Waals surface area contributed by atoms with Crippen LogP contribution in [0.1, 0.15) is 33.1 Å². The number of rotatable bonds is 5. The lowest BCUT2D eigenvalue weighted by molar-refractivity contribution is -0.123. The van der Waals surface area contributed by atoms with Crippen LogP contribution < -0.4 is 10.6 Å². The summed E-state index contributed by atoms with van der Waals surface area (Å²) in [7, 11) is 0. The monoisotopic (exact) mass is 250 g/mol. The molecule has 0 aromatic carbocycles. The van der Waals surface area contributed by atoms with E-state index in [1.165, 1.54) is 0 Å². The molecule has 0 bridgehead atoms. The zero-order chi connectivity index (χ0) is 11.3. The molecule has 0 aliphatic carbocycles. The van der Waals surface area contributed by atoms with E-state index in [0.717, 1.165) is 19.4 Å². The Bertz CT molecular complexity index is 210. The van der Waals surface area contributed by atoms with Gasteiger partial charge in [-0.05, 0) is 12.3 Å². The standard InChI is InChI=1S/C11H22N2O2.ClH/c1-3-8(4-2)6-13-11(15)10-5-9(14)7-12-10;/h8-10,12,14H,3-7H2,1-2H3,(H,13,15);1H. The number of carbonyl (C=O) groups is 1. The van der Waals surface area contributed by atoms with Gasteiger partial charge in [-0.1, -0.05) is 26.7 Å². The third-order valence-corrected chi connectivity index (χ3v) is 3.14. The summed E-state index contributed by atoms with van der Waals surface area (Å²) in [6.07, 6.45) is 2.36. The van der Waals surface area contributed by atoms with Gasteiger partial charge in [-0.25, -0.2) is 0 Å². The largest absolute Gasteiger partial charge is 0.392 e. The van der Waals surface area contributed by atoms with E-state index in [0.29, 0.717) is 18.9 Å². The molecular weight excluding hydrogens is 228 g/mol. The molecule has 1 fully saturated rings. The van der Waals surface area contributed by atoms with Crippen LogP contribution in [0.2, 0.25) is 0 Å². The maximum atomic E-state index is 11.6. The van der Waals surface area contributed by atoms with Crippen molar-refractivity contribution in [1.29, 1.82) is 0 Å². The summed E-state index contributed by atoms with van der Waals surface area (Å²) in [6.45, 7) is 5.55. The molecule has 0 aromatic heterocycles. The van der Waals surface area contributed by atoms with Gasteiger partial charge in [0, 0.05) is 13.1 Å².